The maximum absolute atomic E-state index is 13.1. The first-order valence-electron chi connectivity index (χ1n) is 10.1. The number of aryl methyl sites for hydroxylation is 2. The van der Waals surface area contributed by atoms with Crippen LogP contribution in [-0.2, 0) is 21.4 Å². The lowest BCUT2D eigenvalue weighted by molar-refractivity contribution is -0.135. The molecule has 1 aromatic heterocycles. The summed E-state index contributed by atoms with van der Waals surface area (Å²) < 4.78 is 32.6. The Hall–Kier alpha value is -2.39. The van der Waals surface area contributed by atoms with E-state index >= 15 is 0 Å². The van der Waals surface area contributed by atoms with Gasteiger partial charge in [-0.15, -0.1) is 0 Å². The Bertz CT molecular complexity index is 979. The molecular formula is C21H30N4O4S. The molecule has 0 saturated carbocycles. The molecule has 2 aromatic rings. The van der Waals surface area contributed by atoms with Gasteiger partial charge in [0.25, 0.3) is 0 Å². The van der Waals surface area contributed by atoms with Crippen LogP contribution >= 0.6 is 0 Å². The van der Waals surface area contributed by atoms with Crippen molar-refractivity contribution in [1.29, 1.82) is 0 Å². The standard InChI is InChI=1S/C21H30N4O4S/c1-15-20(16(2)29-22-15)30(27,28)25-12-6-7-18(14-25)21(26)24(5)13-17-8-10-19(11-9-17)23(3)4/h8-11,18H,6-7,12-14H2,1-5H3. The minimum absolute atomic E-state index is 0.0367. The third kappa shape index (κ3) is 4.52. The van der Waals surface area contributed by atoms with E-state index in [1.165, 1.54) is 4.31 Å². The van der Waals surface area contributed by atoms with E-state index < -0.39 is 10.0 Å². The first kappa shape index (κ1) is 22.3. The molecule has 8 nitrogen and oxygen atoms in total. The molecule has 164 valence electrons. The Kier molecular flexibility index (Phi) is 6.52. The molecule has 1 amide bonds. The molecule has 0 radical (unpaired) electrons. The average molecular weight is 435 g/mol. The summed E-state index contributed by atoms with van der Waals surface area (Å²) in [6.45, 7) is 4.26. The summed E-state index contributed by atoms with van der Waals surface area (Å²) >= 11 is 0. The Morgan fingerprint density at radius 2 is 1.87 bits per heavy atom. The van der Waals surface area contributed by atoms with Crippen LogP contribution in [0.3, 0.4) is 0 Å². The highest BCUT2D eigenvalue weighted by atomic mass is 32.2. The van der Waals surface area contributed by atoms with E-state index in [0.717, 1.165) is 11.3 Å². The fourth-order valence-corrected chi connectivity index (χ4v) is 5.71. The summed E-state index contributed by atoms with van der Waals surface area (Å²) in [7, 11) is 1.99. The van der Waals surface area contributed by atoms with Crippen LogP contribution in [0.5, 0.6) is 0 Å². The second-order valence-corrected chi connectivity index (χ2v) is 9.99. The third-order valence-corrected chi connectivity index (χ3v) is 7.66. The fraction of sp³-hybridized carbons (Fsp3) is 0.524. The molecular weight excluding hydrogens is 404 g/mol. The average Bonchev–Trinajstić information content (AvgIpc) is 3.06. The van der Waals surface area contributed by atoms with Crippen LogP contribution in [0, 0.1) is 19.8 Å². The maximum atomic E-state index is 13.1. The molecule has 1 aliphatic rings. The number of rotatable bonds is 6. The van der Waals surface area contributed by atoms with Crippen molar-refractivity contribution >= 4 is 21.6 Å². The van der Waals surface area contributed by atoms with E-state index in [-0.39, 0.29) is 29.0 Å². The van der Waals surface area contributed by atoms with Crippen molar-refractivity contribution in [1.82, 2.24) is 14.4 Å². The first-order valence-corrected chi connectivity index (χ1v) is 11.5. The summed E-state index contributed by atoms with van der Waals surface area (Å²) in [6, 6.07) is 8.06. The van der Waals surface area contributed by atoms with Gasteiger partial charge < -0.3 is 14.3 Å². The van der Waals surface area contributed by atoms with Gasteiger partial charge in [0.1, 0.15) is 10.6 Å². The smallest absolute Gasteiger partial charge is 0.248 e. The van der Waals surface area contributed by atoms with E-state index in [0.29, 0.717) is 31.6 Å². The SMILES string of the molecule is Cc1noc(C)c1S(=O)(=O)N1CCCC(C(=O)N(C)Cc2ccc(N(C)C)cc2)C1. The van der Waals surface area contributed by atoms with E-state index in [2.05, 4.69) is 5.16 Å². The minimum atomic E-state index is -3.74. The highest BCUT2D eigenvalue weighted by Gasteiger charge is 2.37. The second kappa shape index (κ2) is 8.77. The first-order chi connectivity index (χ1) is 14.1. The molecule has 1 unspecified atom stereocenters. The molecule has 0 aliphatic carbocycles. The van der Waals surface area contributed by atoms with Gasteiger partial charge in [-0.3, -0.25) is 4.79 Å². The van der Waals surface area contributed by atoms with E-state index in [1.54, 1.807) is 25.8 Å². The van der Waals surface area contributed by atoms with E-state index in [4.69, 9.17) is 4.52 Å². The number of hydrogen-bond donors (Lipinski definition) is 0. The second-order valence-electron chi connectivity index (χ2n) is 8.11. The largest absolute Gasteiger partial charge is 0.378 e. The highest BCUT2D eigenvalue weighted by molar-refractivity contribution is 7.89. The monoisotopic (exact) mass is 434 g/mol. The minimum Gasteiger partial charge on any atom is -0.378 e. The van der Waals surface area contributed by atoms with E-state index in [1.807, 2.05) is 43.3 Å². The molecule has 0 spiro atoms. The molecule has 2 heterocycles. The van der Waals surface area contributed by atoms with Gasteiger partial charge in [0.2, 0.25) is 15.9 Å². The van der Waals surface area contributed by atoms with Crippen LogP contribution in [-0.4, -0.2) is 62.9 Å². The van der Waals surface area contributed by atoms with Crippen molar-refractivity contribution < 1.29 is 17.7 Å². The summed E-state index contributed by atoms with van der Waals surface area (Å²) in [5.74, 6) is -0.121. The highest BCUT2D eigenvalue weighted by Crippen LogP contribution is 2.28. The lowest BCUT2D eigenvalue weighted by Gasteiger charge is -2.33. The van der Waals surface area contributed by atoms with Crippen LogP contribution in [0.1, 0.15) is 29.9 Å². The molecule has 3 rings (SSSR count). The van der Waals surface area contributed by atoms with Crippen molar-refractivity contribution in [3.8, 4) is 0 Å². The zero-order valence-corrected chi connectivity index (χ0v) is 19.1. The fourth-order valence-electron chi connectivity index (χ4n) is 3.90. The maximum Gasteiger partial charge on any atom is 0.248 e. The summed E-state index contributed by atoms with van der Waals surface area (Å²) in [6.07, 6.45) is 1.32. The number of benzene rings is 1. The molecule has 1 fully saturated rings. The Labute approximate surface area is 178 Å². The Morgan fingerprint density at radius 3 is 2.43 bits per heavy atom. The lowest BCUT2D eigenvalue weighted by Crippen LogP contribution is -2.45. The number of anilines is 1. The molecule has 1 atom stereocenters. The van der Waals surface area contributed by atoms with Crippen molar-refractivity contribution in [2.45, 2.75) is 38.1 Å². The normalized spacial score (nSPS) is 17.7. The number of hydrogen-bond acceptors (Lipinski definition) is 6. The van der Waals surface area contributed by atoms with Crippen molar-refractivity contribution in [2.24, 2.45) is 5.92 Å². The third-order valence-electron chi connectivity index (χ3n) is 5.55. The number of amides is 1. The topological polar surface area (TPSA) is 87.0 Å². The van der Waals surface area contributed by atoms with Crippen LogP contribution in [0.15, 0.2) is 33.7 Å². The van der Waals surface area contributed by atoms with Crippen LogP contribution < -0.4 is 4.90 Å². The molecule has 1 aromatic carbocycles. The van der Waals surface area contributed by atoms with Crippen molar-refractivity contribution in [3.63, 3.8) is 0 Å². The molecule has 0 bridgehead atoms. The number of aromatic nitrogens is 1. The van der Waals surface area contributed by atoms with Gasteiger partial charge in [-0.1, -0.05) is 17.3 Å². The predicted molar refractivity (Wildman–Crippen MR) is 115 cm³/mol. The summed E-state index contributed by atoms with van der Waals surface area (Å²) in [5, 5.41) is 3.76. The number of carbonyl (C=O) groups excluding carboxylic acids is 1. The van der Waals surface area contributed by atoms with E-state index in [9.17, 15) is 13.2 Å². The van der Waals surface area contributed by atoms with Gasteiger partial charge in [0.05, 0.1) is 5.92 Å². The molecule has 9 heteroatoms. The summed E-state index contributed by atoms with van der Waals surface area (Å²) in [4.78, 5) is 16.9. The number of nitrogens with zero attached hydrogens (tertiary/aromatic N) is 4. The van der Waals surface area contributed by atoms with Gasteiger partial charge in [-0.05, 0) is 44.4 Å². The summed E-state index contributed by atoms with van der Waals surface area (Å²) in [5.41, 5.74) is 2.48. The van der Waals surface area contributed by atoms with Gasteiger partial charge in [-0.2, -0.15) is 4.31 Å². The number of sulfonamides is 1. The molecule has 30 heavy (non-hydrogen) atoms. The van der Waals surface area contributed by atoms with Gasteiger partial charge in [-0.25, -0.2) is 8.42 Å². The zero-order valence-electron chi connectivity index (χ0n) is 18.3. The van der Waals surface area contributed by atoms with Crippen molar-refractivity contribution in [2.75, 3.05) is 39.1 Å². The van der Waals surface area contributed by atoms with Crippen molar-refractivity contribution in [3.05, 3.63) is 41.3 Å². The molecule has 1 aliphatic heterocycles. The van der Waals surface area contributed by atoms with Crippen LogP contribution in [0.25, 0.3) is 0 Å². The van der Waals surface area contributed by atoms with Gasteiger partial charge >= 0.3 is 0 Å². The Morgan fingerprint density at radius 1 is 1.20 bits per heavy atom. The van der Waals surface area contributed by atoms with Crippen LogP contribution in [0.2, 0.25) is 0 Å². The van der Waals surface area contributed by atoms with Gasteiger partial charge in [0, 0.05) is 46.5 Å². The zero-order chi connectivity index (χ0) is 22.1. The molecule has 0 N–H and O–H groups in total. The predicted octanol–water partition coefficient (Wildman–Crippen LogP) is 2.42. The van der Waals surface area contributed by atoms with Crippen LogP contribution in [0.4, 0.5) is 5.69 Å². The quantitative estimate of drug-likeness (QED) is 0.694. The van der Waals surface area contributed by atoms with Gasteiger partial charge in [0.15, 0.2) is 5.76 Å². The number of piperidine rings is 1. The lowest BCUT2D eigenvalue weighted by atomic mass is 9.98. The molecule has 1 saturated heterocycles. The number of carbonyl (C=O) groups is 1. The Balaban J connectivity index is 1.69.